The van der Waals surface area contributed by atoms with Crippen LogP contribution in [0, 0.1) is 0 Å². The standard InChI is InChI=1S/C46H42N2O6S/c1-33(49)13-14-34-15-20-38(21-16-34)47(36-9-5-3-6-10-36)40-24-26-42-43-27-25-41(32-45(43)55(51,52)44(42)31-40)48(37-11-7-4-8-12-37)39-22-17-35(18-23-39)19-28-46(50)54-30-29-53-2/h3-12,15-18,20-27,31-32H,13-14,19,28-30H2,1-2H3. The molecule has 0 aromatic heterocycles. The van der Waals surface area contributed by atoms with Crippen molar-refractivity contribution in [2.75, 3.05) is 30.1 Å². The van der Waals surface area contributed by atoms with Gasteiger partial charge >= 0.3 is 5.97 Å². The summed E-state index contributed by atoms with van der Waals surface area (Å²) in [6.07, 6.45) is 1.94. The molecule has 0 N–H and O–H groups in total. The van der Waals surface area contributed by atoms with Crippen LogP contribution in [0.4, 0.5) is 34.1 Å². The van der Waals surface area contributed by atoms with Gasteiger partial charge in [0.15, 0.2) is 0 Å². The largest absolute Gasteiger partial charge is 0.463 e. The number of ether oxygens (including phenoxy) is 2. The van der Waals surface area contributed by atoms with Crippen molar-refractivity contribution >= 4 is 55.7 Å². The molecule has 0 unspecified atom stereocenters. The van der Waals surface area contributed by atoms with Crippen molar-refractivity contribution < 1.29 is 27.5 Å². The zero-order chi connectivity index (χ0) is 38.4. The van der Waals surface area contributed by atoms with E-state index in [1.54, 1.807) is 26.2 Å². The van der Waals surface area contributed by atoms with E-state index in [1.807, 2.05) is 143 Å². The third kappa shape index (κ3) is 8.23. The van der Waals surface area contributed by atoms with Crippen molar-refractivity contribution in [3.8, 4) is 11.1 Å². The number of methoxy groups -OCH3 is 1. The Balaban J connectivity index is 1.20. The molecule has 1 aliphatic heterocycles. The number of benzene rings is 6. The van der Waals surface area contributed by atoms with Gasteiger partial charge in [0.05, 0.1) is 16.4 Å². The summed E-state index contributed by atoms with van der Waals surface area (Å²) < 4.78 is 39.1. The zero-order valence-electron chi connectivity index (χ0n) is 30.9. The van der Waals surface area contributed by atoms with Gasteiger partial charge in [0.1, 0.15) is 12.4 Å². The number of esters is 1. The summed E-state index contributed by atoms with van der Waals surface area (Å²) in [7, 11) is -2.33. The highest BCUT2D eigenvalue weighted by Crippen LogP contribution is 2.48. The first kappa shape index (κ1) is 37.3. The average molecular weight is 751 g/mol. The second-order valence-electron chi connectivity index (χ2n) is 13.5. The van der Waals surface area contributed by atoms with E-state index in [4.69, 9.17) is 9.47 Å². The molecule has 0 fully saturated rings. The third-order valence-electron chi connectivity index (χ3n) is 9.67. The molecule has 0 aliphatic carbocycles. The number of sulfone groups is 1. The highest BCUT2D eigenvalue weighted by atomic mass is 32.2. The van der Waals surface area contributed by atoms with Gasteiger partial charge < -0.3 is 24.1 Å². The van der Waals surface area contributed by atoms with Crippen LogP contribution in [0.15, 0.2) is 155 Å². The fraction of sp³-hybridized carbons (Fsp3) is 0.174. The van der Waals surface area contributed by atoms with Crippen LogP contribution in [0.25, 0.3) is 11.1 Å². The van der Waals surface area contributed by atoms with Crippen LogP contribution in [0.2, 0.25) is 0 Å². The average Bonchev–Trinajstić information content (AvgIpc) is 3.43. The van der Waals surface area contributed by atoms with Gasteiger partial charge in [-0.15, -0.1) is 0 Å². The Morgan fingerprint density at radius 3 is 1.38 bits per heavy atom. The fourth-order valence-corrected chi connectivity index (χ4v) is 8.58. The number of ketones is 1. The maximum Gasteiger partial charge on any atom is 0.306 e. The predicted molar refractivity (Wildman–Crippen MR) is 217 cm³/mol. The minimum atomic E-state index is -3.90. The number of Topliss-reactive ketones (excluding diaryl/α,β-unsaturated/α-hetero) is 1. The molecule has 1 heterocycles. The minimum Gasteiger partial charge on any atom is -0.463 e. The Morgan fingerprint density at radius 1 is 0.527 bits per heavy atom. The monoisotopic (exact) mass is 750 g/mol. The van der Waals surface area contributed by atoms with E-state index >= 15 is 0 Å². The van der Waals surface area contributed by atoms with E-state index in [-0.39, 0.29) is 34.6 Å². The lowest BCUT2D eigenvalue weighted by atomic mass is 10.0. The molecule has 278 valence electrons. The van der Waals surface area contributed by atoms with Gasteiger partial charge in [-0.25, -0.2) is 8.42 Å². The number of nitrogens with zero attached hydrogens (tertiary/aromatic N) is 2. The van der Waals surface area contributed by atoms with Crippen LogP contribution in [0.3, 0.4) is 0 Å². The number of fused-ring (bicyclic) bond motifs is 3. The van der Waals surface area contributed by atoms with Crippen LogP contribution < -0.4 is 9.80 Å². The number of carbonyl (C=O) groups is 2. The van der Waals surface area contributed by atoms with Crippen LogP contribution >= 0.6 is 0 Å². The van der Waals surface area contributed by atoms with Gasteiger partial charge in [0, 0.05) is 65.2 Å². The van der Waals surface area contributed by atoms with Gasteiger partial charge in [0.25, 0.3) is 0 Å². The molecule has 0 saturated heterocycles. The number of hydrogen-bond donors (Lipinski definition) is 0. The molecular formula is C46H42N2O6S. The smallest absolute Gasteiger partial charge is 0.306 e. The Kier molecular flexibility index (Phi) is 11.2. The lowest BCUT2D eigenvalue weighted by molar-refractivity contribution is -0.144. The predicted octanol–water partition coefficient (Wildman–Crippen LogP) is 10.1. The lowest BCUT2D eigenvalue weighted by Crippen LogP contribution is -2.11. The molecular weight excluding hydrogens is 709 g/mol. The lowest BCUT2D eigenvalue weighted by Gasteiger charge is -2.26. The number of carbonyl (C=O) groups excluding carboxylic acids is 2. The van der Waals surface area contributed by atoms with Crippen molar-refractivity contribution in [2.24, 2.45) is 0 Å². The third-order valence-corrected chi connectivity index (χ3v) is 11.5. The summed E-state index contributed by atoms with van der Waals surface area (Å²) in [5, 5.41) is 0. The van der Waals surface area contributed by atoms with Crippen LogP contribution in [-0.2, 0) is 41.7 Å². The highest BCUT2D eigenvalue weighted by Gasteiger charge is 2.35. The molecule has 55 heavy (non-hydrogen) atoms. The van der Waals surface area contributed by atoms with Crippen molar-refractivity contribution in [3.63, 3.8) is 0 Å². The maximum absolute atomic E-state index is 14.5. The number of anilines is 6. The molecule has 0 amide bonds. The normalized spacial score (nSPS) is 12.4. The SMILES string of the molecule is COCCOC(=O)CCc1ccc(N(c2ccccc2)c2ccc3c(c2)S(=O)(=O)c2cc(N(c4ccccc4)c4ccc(CCC(C)=O)cc4)ccc2-3)cc1. The van der Waals surface area contributed by atoms with Crippen molar-refractivity contribution in [3.05, 3.63) is 157 Å². The second kappa shape index (κ2) is 16.5. The van der Waals surface area contributed by atoms with Crippen molar-refractivity contribution in [1.82, 2.24) is 0 Å². The molecule has 6 aromatic rings. The summed E-state index contributed by atoms with van der Waals surface area (Å²) in [5.41, 5.74) is 8.26. The zero-order valence-corrected chi connectivity index (χ0v) is 31.7. The Bertz CT molecular complexity index is 2400. The van der Waals surface area contributed by atoms with E-state index in [2.05, 4.69) is 0 Å². The molecule has 0 spiro atoms. The highest BCUT2D eigenvalue weighted by molar-refractivity contribution is 7.92. The first-order valence-electron chi connectivity index (χ1n) is 18.3. The summed E-state index contributed by atoms with van der Waals surface area (Å²) in [6.45, 7) is 2.19. The Labute approximate surface area is 322 Å². The minimum absolute atomic E-state index is 0.149. The number of rotatable bonds is 15. The van der Waals surface area contributed by atoms with Crippen LogP contribution in [0.5, 0.6) is 0 Å². The van der Waals surface area contributed by atoms with Gasteiger partial charge in [0.2, 0.25) is 9.84 Å². The number of para-hydroxylation sites is 2. The van der Waals surface area contributed by atoms with E-state index in [9.17, 15) is 18.0 Å². The topological polar surface area (TPSA) is 93.2 Å². The van der Waals surface area contributed by atoms with Crippen LogP contribution in [0.1, 0.15) is 30.9 Å². The first-order valence-corrected chi connectivity index (χ1v) is 19.8. The molecule has 0 radical (unpaired) electrons. The van der Waals surface area contributed by atoms with E-state index < -0.39 is 9.84 Å². The molecule has 1 aliphatic rings. The molecule has 0 bridgehead atoms. The molecule has 8 nitrogen and oxygen atoms in total. The summed E-state index contributed by atoms with van der Waals surface area (Å²) in [4.78, 5) is 28.3. The van der Waals surface area contributed by atoms with Gasteiger partial charge in [-0.1, -0.05) is 72.8 Å². The second-order valence-corrected chi connectivity index (χ2v) is 15.3. The van der Waals surface area contributed by atoms with Gasteiger partial charge in [-0.2, -0.15) is 0 Å². The molecule has 0 saturated carbocycles. The Morgan fingerprint density at radius 2 is 0.945 bits per heavy atom. The summed E-state index contributed by atoms with van der Waals surface area (Å²) in [5.74, 6) is -0.126. The summed E-state index contributed by atoms with van der Waals surface area (Å²) in [6, 6.07) is 46.9. The van der Waals surface area contributed by atoms with Crippen LogP contribution in [-0.4, -0.2) is 40.5 Å². The Hall–Kier alpha value is -6.03. The number of hydrogen-bond acceptors (Lipinski definition) is 8. The number of aryl methyl sites for hydroxylation is 2. The van der Waals surface area contributed by atoms with Gasteiger partial charge in [-0.3, -0.25) is 4.79 Å². The van der Waals surface area contributed by atoms with E-state index in [0.717, 1.165) is 33.9 Å². The van der Waals surface area contributed by atoms with Crippen molar-refractivity contribution in [2.45, 2.75) is 42.4 Å². The maximum atomic E-state index is 14.5. The molecule has 6 aromatic carbocycles. The van der Waals surface area contributed by atoms with E-state index in [0.29, 0.717) is 48.4 Å². The quantitative estimate of drug-likeness (QED) is 0.0756. The molecule has 0 atom stereocenters. The molecule has 7 rings (SSSR count). The van der Waals surface area contributed by atoms with Crippen molar-refractivity contribution in [1.29, 1.82) is 0 Å². The first-order chi connectivity index (χ1) is 26.7. The fourth-order valence-electron chi connectivity index (χ4n) is 6.86. The van der Waals surface area contributed by atoms with E-state index in [1.165, 1.54) is 0 Å². The summed E-state index contributed by atoms with van der Waals surface area (Å²) >= 11 is 0. The molecule has 9 heteroatoms. The van der Waals surface area contributed by atoms with Gasteiger partial charge in [-0.05, 0) is 104 Å².